The molecule has 3 nitrogen and oxygen atoms in total. The Morgan fingerprint density at radius 3 is 2.53 bits per heavy atom. The molecule has 7 heteroatoms. The molecule has 1 fully saturated rings. The van der Waals surface area contributed by atoms with Crippen molar-refractivity contribution in [1.29, 1.82) is 0 Å². The lowest BCUT2D eigenvalue weighted by Crippen LogP contribution is -2.22. The van der Waals surface area contributed by atoms with Gasteiger partial charge in [-0.15, -0.1) is 0 Å². The third-order valence-corrected chi connectivity index (χ3v) is 2.47. The van der Waals surface area contributed by atoms with Crippen LogP contribution in [0.2, 0.25) is 0 Å². The van der Waals surface area contributed by atoms with Crippen molar-refractivity contribution in [2.24, 2.45) is 0 Å². The molecule has 0 aliphatic carbocycles. The first kappa shape index (κ1) is 11.7. The quantitative estimate of drug-likeness (QED) is 0.735. The molecule has 1 saturated heterocycles. The van der Waals surface area contributed by atoms with E-state index in [-0.39, 0.29) is 12.1 Å². The van der Waals surface area contributed by atoms with Crippen molar-refractivity contribution in [3.8, 4) is 0 Å². The first-order valence-electron chi connectivity index (χ1n) is 4.79. The lowest BCUT2D eigenvalue weighted by molar-refractivity contribution is -0.137. The van der Waals surface area contributed by atoms with Crippen LogP contribution in [0.4, 0.5) is 22.4 Å². The van der Waals surface area contributed by atoms with E-state index in [0.717, 1.165) is 6.07 Å². The fraction of sp³-hybridized carbons (Fsp3) is 0.300. The number of benzene rings is 1. The molecule has 2 N–H and O–H groups in total. The van der Waals surface area contributed by atoms with E-state index in [2.05, 4.69) is 10.6 Å². The van der Waals surface area contributed by atoms with Crippen LogP contribution in [0.25, 0.3) is 0 Å². The summed E-state index contributed by atoms with van der Waals surface area (Å²) in [6.45, 7) is 0.0665. The number of halogens is 4. The third kappa shape index (κ3) is 2.32. The number of carbonyl (C=O) groups is 1. The molecule has 2 amide bonds. The number of rotatable bonds is 1. The Labute approximate surface area is 93.8 Å². The Balaban J connectivity index is 2.36. The highest BCUT2D eigenvalue weighted by atomic mass is 19.4. The monoisotopic (exact) mass is 248 g/mol. The number of hydrogen-bond donors (Lipinski definition) is 2. The molecule has 1 atom stereocenters. The number of nitrogens with one attached hydrogen (secondary N) is 2. The van der Waals surface area contributed by atoms with Crippen LogP contribution in [-0.2, 0) is 6.18 Å². The van der Waals surface area contributed by atoms with Gasteiger partial charge < -0.3 is 10.6 Å². The molecule has 1 heterocycles. The molecule has 17 heavy (non-hydrogen) atoms. The van der Waals surface area contributed by atoms with Crippen LogP contribution >= 0.6 is 0 Å². The predicted octanol–water partition coefficient (Wildman–Crippen LogP) is 2.20. The third-order valence-electron chi connectivity index (χ3n) is 2.47. The maximum absolute atomic E-state index is 13.4. The van der Waals surface area contributed by atoms with Gasteiger partial charge in [-0.25, -0.2) is 9.18 Å². The first-order chi connectivity index (χ1) is 7.88. The van der Waals surface area contributed by atoms with E-state index in [9.17, 15) is 22.4 Å². The zero-order chi connectivity index (χ0) is 12.6. The van der Waals surface area contributed by atoms with Crippen molar-refractivity contribution in [3.05, 3.63) is 35.1 Å². The molecule has 1 aliphatic rings. The number of carbonyl (C=O) groups excluding carboxylic acids is 1. The van der Waals surface area contributed by atoms with Crippen LogP contribution in [0, 0.1) is 5.82 Å². The van der Waals surface area contributed by atoms with Crippen LogP contribution in [0.5, 0.6) is 0 Å². The van der Waals surface area contributed by atoms with Gasteiger partial charge in [0, 0.05) is 12.1 Å². The Hall–Kier alpha value is -1.79. The summed E-state index contributed by atoms with van der Waals surface area (Å²) in [5.74, 6) is -0.771. The first-order valence-corrected chi connectivity index (χ1v) is 4.79. The van der Waals surface area contributed by atoms with E-state index in [1.807, 2.05) is 0 Å². The summed E-state index contributed by atoms with van der Waals surface area (Å²) in [5.41, 5.74) is -1.10. The minimum absolute atomic E-state index is 0.0665. The summed E-state index contributed by atoms with van der Waals surface area (Å²) in [7, 11) is 0. The van der Waals surface area contributed by atoms with Gasteiger partial charge in [0.25, 0.3) is 0 Å². The molecule has 2 rings (SSSR count). The fourth-order valence-electron chi connectivity index (χ4n) is 1.63. The zero-order valence-electron chi connectivity index (χ0n) is 8.44. The van der Waals surface area contributed by atoms with Crippen molar-refractivity contribution >= 4 is 6.03 Å². The van der Waals surface area contributed by atoms with Gasteiger partial charge in [-0.2, -0.15) is 13.2 Å². The lowest BCUT2D eigenvalue weighted by atomic mass is 10.0. The van der Waals surface area contributed by atoms with E-state index in [1.54, 1.807) is 0 Å². The van der Waals surface area contributed by atoms with Gasteiger partial charge >= 0.3 is 12.2 Å². The number of amides is 2. The molecule has 0 saturated carbocycles. The minimum Gasteiger partial charge on any atom is -0.336 e. The van der Waals surface area contributed by atoms with Gasteiger partial charge in [0.15, 0.2) is 0 Å². The van der Waals surface area contributed by atoms with Crippen LogP contribution in [0.15, 0.2) is 18.2 Å². The smallest absolute Gasteiger partial charge is 0.336 e. The molecule has 0 bridgehead atoms. The van der Waals surface area contributed by atoms with E-state index < -0.39 is 29.6 Å². The van der Waals surface area contributed by atoms with E-state index >= 15 is 0 Å². The second kappa shape index (κ2) is 3.90. The number of alkyl halides is 3. The van der Waals surface area contributed by atoms with Crippen LogP contribution in [0.1, 0.15) is 17.2 Å². The maximum Gasteiger partial charge on any atom is 0.416 e. The van der Waals surface area contributed by atoms with E-state index in [1.165, 1.54) is 0 Å². The Morgan fingerprint density at radius 1 is 1.29 bits per heavy atom. The summed E-state index contributed by atoms with van der Waals surface area (Å²) in [4.78, 5) is 10.9. The summed E-state index contributed by atoms with van der Waals surface area (Å²) < 4.78 is 50.7. The molecule has 1 aliphatic heterocycles. The number of urea groups is 1. The molecular weight excluding hydrogens is 240 g/mol. The van der Waals surface area contributed by atoms with Crippen molar-refractivity contribution in [2.75, 3.05) is 6.54 Å². The van der Waals surface area contributed by atoms with Crippen LogP contribution in [0.3, 0.4) is 0 Å². The molecule has 0 aromatic heterocycles. The molecule has 0 spiro atoms. The topological polar surface area (TPSA) is 41.1 Å². The SMILES string of the molecule is O=C1NC[C@H](c2cc(C(F)(F)F)ccc2F)N1. The lowest BCUT2D eigenvalue weighted by Gasteiger charge is -2.13. The van der Waals surface area contributed by atoms with Gasteiger partial charge in [0.1, 0.15) is 5.82 Å². The molecule has 0 unspecified atom stereocenters. The van der Waals surface area contributed by atoms with Gasteiger partial charge in [0.2, 0.25) is 0 Å². The Morgan fingerprint density at radius 2 is 2.00 bits per heavy atom. The van der Waals surface area contributed by atoms with Crippen LogP contribution < -0.4 is 10.6 Å². The molecule has 1 aromatic rings. The van der Waals surface area contributed by atoms with Crippen molar-refractivity contribution in [3.63, 3.8) is 0 Å². The summed E-state index contributed by atoms with van der Waals surface area (Å²) in [5, 5.41) is 4.69. The second-order valence-corrected chi connectivity index (χ2v) is 3.64. The van der Waals surface area contributed by atoms with Crippen molar-refractivity contribution in [2.45, 2.75) is 12.2 Å². The summed E-state index contributed by atoms with van der Waals surface area (Å²) >= 11 is 0. The average molecular weight is 248 g/mol. The van der Waals surface area contributed by atoms with Crippen molar-refractivity contribution < 1.29 is 22.4 Å². The van der Waals surface area contributed by atoms with Gasteiger partial charge in [0.05, 0.1) is 11.6 Å². The highest BCUT2D eigenvalue weighted by molar-refractivity contribution is 5.76. The Kier molecular flexibility index (Phi) is 2.68. The van der Waals surface area contributed by atoms with E-state index in [4.69, 9.17) is 0 Å². The van der Waals surface area contributed by atoms with E-state index in [0.29, 0.717) is 12.1 Å². The van der Waals surface area contributed by atoms with Crippen molar-refractivity contribution in [1.82, 2.24) is 10.6 Å². The standard InChI is InChI=1S/C10H8F4N2O/c11-7-2-1-5(10(12,13)14)3-6(7)8-4-15-9(17)16-8/h1-3,8H,4H2,(H2,15,16,17)/t8-/m1/s1. The second-order valence-electron chi connectivity index (χ2n) is 3.64. The largest absolute Gasteiger partial charge is 0.416 e. The normalized spacial score (nSPS) is 20.0. The maximum atomic E-state index is 13.4. The minimum atomic E-state index is -4.53. The zero-order valence-corrected chi connectivity index (χ0v) is 8.44. The highest BCUT2D eigenvalue weighted by Crippen LogP contribution is 2.32. The summed E-state index contributed by atoms with van der Waals surface area (Å²) in [6.07, 6.45) is -4.53. The molecule has 0 radical (unpaired) electrons. The van der Waals surface area contributed by atoms with Gasteiger partial charge in [-0.1, -0.05) is 0 Å². The average Bonchev–Trinajstić information content (AvgIpc) is 2.63. The van der Waals surface area contributed by atoms with Gasteiger partial charge in [-0.3, -0.25) is 0 Å². The highest BCUT2D eigenvalue weighted by Gasteiger charge is 2.33. The van der Waals surface area contributed by atoms with Gasteiger partial charge in [-0.05, 0) is 18.2 Å². The summed E-state index contributed by atoms with van der Waals surface area (Å²) in [6, 6.07) is 0.843. The molecular formula is C10H8F4N2O. The fourth-order valence-corrected chi connectivity index (χ4v) is 1.63. The molecule has 92 valence electrons. The van der Waals surface area contributed by atoms with Crippen LogP contribution in [-0.4, -0.2) is 12.6 Å². The molecule has 1 aromatic carbocycles. The predicted molar refractivity (Wildman–Crippen MR) is 50.7 cm³/mol. The Bertz CT molecular complexity index is 458. The number of hydrogen-bond acceptors (Lipinski definition) is 1.